The molecule has 0 atom stereocenters. The van der Waals surface area contributed by atoms with E-state index in [1.165, 1.54) is 13.3 Å². The Balaban J connectivity index is 3.19. The number of esters is 2. The predicted molar refractivity (Wildman–Crippen MR) is 87.1 cm³/mol. The van der Waals surface area contributed by atoms with Crippen LogP contribution in [-0.2, 0) is 14.3 Å². The monoisotopic (exact) mass is 319 g/mol. The lowest BCUT2D eigenvalue weighted by molar-refractivity contribution is -0.138. The molecule has 1 aromatic carbocycles. The van der Waals surface area contributed by atoms with Gasteiger partial charge in [0.1, 0.15) is 11.3 Å². The van der Waals surface area contributed by atoms with Gasteiger partial charge >= 0.3 is 11.9 Å². The van der Waals surface area contributed by atoms with Crippen molar-refractivity contribution >= 4 is 23.8 Å². The molecule has 0 unspecified atom stereocenters. The van der Waals surface area contributed by atoms with Gasteiger partial charge in [-0.3, -0.25) is 4.99 Å². The highest BCUT2D eigenvalue weighted by Crippen LogP contribution is 2.20. The summed E-state index contributed by atoms with van der Waals surface area (Å²) in [7, 11) is 1.28. The van der Waals surface area contributed by atoms with Crippen LogP contribution in [0.3, 0.4) is 0 Å². The maximum atomic E-state index is 11.9. The highest BCUT2D eigenvalue weighted by atomic mass is 16.5. The number of para-hydroxylation sites is 1. The molecule has 0 heterocycles. The van der Waals surface area contributed by atoms with E-state index in [0.717, 1.165) is 0 Å². The Kier molecular flexibility index (Phi) is 7.53. The summed E-state index contributed by atoms with van der Waals surface area (Å²) < 4.78 is 9.61. The number of allylic oxidation sites excluding steroid dienone is 1. The fourth-order valence-electron chi connectivity index (χ4n) is 1.83. The first-order chi connectivity index (χ1) is 11.0. The van der Waals surface area contributed by atoms with Crippen molar-refractivity contribution in [2.24, 2.45) is 4.99 Å². The summed E-state index contributed by atoms with van der Waals surface area (Å²) in [5.74, 6) is -1.28. The van der Waals surface area contributed by atoms with Gasteiger partial charge in [0.15, 0.2) is 0 Å². The number of methoxy groups -OCH3 is 1. The molecular formula is C17H21NO5. The van der Waals surface area contributed by atoms with Crippen LogP contribution in [0.1, 0.15) is 37.0 Å². The SMILES string of the molecule is CCC/C(O)=C(\C=Nc1ccccc1C(=O)OC)C(=O)OCC. The fourth-order valence-corrected chi connectivity index (χ4v) is 1.83. The number of rotatable bonds is 7. The first kappa shape index (κ1) is 18.4. The van der Waals surface area contributed by atoms with Gasteiger partial charge in [-0.25, -0.2) is 9.59 Å². The van der Waals surface area contributed by atoms with E-state index in [9.17, 15) is 14.7 Å². The summed E-state index contributed by atoms with van der Waals surface area (Å²) in [4.78, 5) is 27.8. The van der Waals surface area contributed by atoms with Crippen LogP contribution in [0.2, 0.25) is 0 Å². The van der Waals surface area contributed by atoms with Gasteiger partial charge in [-0.05, 0) is 25.5 Å². The van der Waals surface area contributed by atoms with Crippen molar-refractivity contribution in [1.82, 2.24) is 0 Å². The number of benzene rings is 1. The molecule has 0 bridgehead atoms. The molecule has 0 saturated heterocycles. The summed E-state index contributed by atoms with van der Waals surface area (Å²) in [6.45, 7) is 3.74. The lowest BCUT2D eigenvalue weighted by Gasteiger charge is -2.06. The highest BCUT2D eigenvalue weighted by Gasteiger charge is 2.15. The van der Waals surface area contributed by atoms with Crippen molar-refractivity contribution in [3.8, 4) is 0 Å². The van der Waals surface area contributed by atoms with Gasteiger partial charge in [-0.1, -0.05) is 19.1 Å². The van der Waals surface area contributed by atoms with E-state index in [4.69, 9.17) is 4.74 Å². The largest absolute Gasteiger partial charge is 0.511 e. The Morgan fingerprint density at radius 3 is 2.57 bits per heavy atom. The molecule has 0 spiro atoms. The molecule has 0 amide bonds. The van der Waals surface area contributed by atoms with Crippen molar-refractivity contribution < 1.29 is 24.2 Å². The Hall–Kier alpha value is -2.63. The summed E-state index contributed by atoms with van der Waals surface area (Å²) in [6, 6.07) is 6.57. The van der Waals surface area contributed by atoms with Crippen molar-refractivity contribution in [1.29, 1.82) is 0 Å². The number of hydrogen-bond acceptors (Lipinski definition) is 6. The average molecular weight is 319 g/mol. The zero-order valence-corrected chi connectivity index (χ0v) is 13.5. The molecule has 0 aliphatic carbocycles. The van der Waals surface area contributed by atoms with E-state index < -0.39 is 11.9 Å². The topological polar surface area (TPSA) is 85.2 Å². The van der Waals surface area contributed by atoms with Crippen LogP contribution in [0.5, 0.6) is 0 Å². The van der Waals surface area contributed by atoms with E-state index >= 15 is 0 Å². The second-order valence-corrected chi connectivity index (χ2v) is 4.60. The van der Waals surface area contributed by atoms with Gasteiger partial charge in [-0.15, -0.1) is 0 Å². The molecule has 124 valence electrons. The first-order valence-electron chi connectivity index (χ1n) is 7.35. The molecule has 6 nitrogen and oxygen atoms in total. The minimum Gasteiger partial charge on any atom is -0.511 e. The van der Waals surface area contributed by atoms with Gasteiger partial charge in [0.05, 0.1) is 25.0 Å². The second-order valence-electron chi connectivity index (χ2n) is 4.60. The zero-order chi connectivity index (χ0) is 17.2. The van der Waals surface area contributed by atoms with Gasteiger partial charge in [-0.2, -0.15) is 0 Å². The zero-order valence-electron chi connectivity index (χ0n) is 13.5. The quantitative estimate of drug-likeness (QED) is 0.360. The molecule has 1 rings (SSSR count). The average Bonchev–Trinajstić information content (AvgIpc) is 2.55. The number of nitrogens with zero attached hydrogens (tertiary/aromatic N) is 1. The lowest BCUT2D eigenvalue weighted by atomic mass is 10.1. The summed E-state index contributed by atoms with van der Waals surface area (Å²) in [6.07, 6.45) is 2.21. The van der Waals surface area contributed by atoms with Gasteiger partial charge in [0, 0.05) is 12.6 Å². The van der Waals surface area contributed by atoms with Crippen LogP contribution < -0.4 is 0 Å². The number of aliphatic imine (C=N–C) groups is 1. The molecule has 23 heavy (non-hydrogen) atoms. The van der Waals surface area contributed by atoms with Crippen LogP contribution in [0.4, 0.5) is 5.69 Å². The van der Waals surface area contributed by atoms with E-state index in [1.54, 1.807) is 31.2 Å². The van der Waals surface area contributed by atoms with E-state index in [0.29, 0.717) is 18.5 Å². The number of aliphatic hydroxyl groups excluding tert-OH is 1. The molecule has 0 aliphatic heterocycles. The number of ether oxygens (including phenoxy) is 2. The fraction of sp³-hybridized carbons (Fsp3) is 0.353. The summed E-state index contributed by atoms with van der Waals surface area (Å²) in [5.41, 5.74) is 0.586. The smallest absolute Gasteiger partial charge is 0.343 e. The predicted octanol–water partition coefficient (Wildman–Crippen LogP) is 3.35. The van der Waals surface area contributed by atoms with Crippen LogP contribution in [-0.4, -0.2) is 37.0 Å². The molecule has 0 aliphatic rings. The minimum absolute atomic E-state index is 0.0200. The normalized spacial score (nSPS) is 12.0. The maximum absolute atomic E-state index is 11.9. The number of carbonyl (C=O) groups is 2. The minimum atomic E-state index is -0.655. The van der Waals surface area contributed by atoms with Crippen LogP contribution in [0, 0.1) is 0 Å². The molecule has 1 N–H and O–H groups in total. The van der Waals surface area contributed by atoms with Crippen LogP contribution in [0.25, 0.3) is 0 Å². The second kappa shape index (κ2) is 9.40. The Bertz CT molecular complexity index is 619. The molecule has 0 radical (unpaired) electrons. The van der Waals surface area contributed by atoms with Crippen LogP contribution in [0.15, 0.2) is 40.6 Å². The summed E-state index contributed by atoms with van der Waals surface area (Å²) in [5, 5.41) is 10.0. The van der Waals surface area contributed by atoms with Crippen molar-refractivity contribution in [2.45, 2.75) is 26.7 Å². The third-order valence-corrected chi connectivity index (χ3v) is 2.94. The molecule has 1 aromatic rings. The first-order valence-corrected chi connectivity index (χ1v) is 7.35. The Morgan fingerprint density at radius 1 is 1.26 bits per heavy atom. The number of carbonyl (C=O) groups excluding carboxylic acids is 2. The number of aliphatic hydroxyl groups is 1. The van der Waals surface area contributed by atoms with Gasteiger partial charge in [0.25, 0.3) is 0 Å². The molecule has 0 aromatic heterocycles. The van der Waals surface area contributed by atoms with E-state index in [2.05, 4.69) is 9.73 Å². The van der Waals surface area contributed by atoms with Crippen molar-refractivity contribution in [2.75, 3.05) is 13.7 Å². The Morgan fingerprint density at radius 2 is 1.96 bits per heavy atom. The third kappa shape index (κ3) is 5.25. The number of hydrogen-bond donors (Lipinski definition) is 1. The maximum Gasteiger partial charge on any atom is 0.343 e. The Labute approximate surface area is 135 Å². The van der Waals surface area contributed by atoms with Crippen molar-refractivity contribution in [3.05, 3.63) is 41.2 Å². The molecule has 0 saturated carbocycles. The highest BCUT2D eigenvalue weighted by molar-refractivity contribution is 6.11. The van der Waals surface area contributed by atoms with Crippen LogP contribution >= 0.6 is 0 Å². The molecular weight excluding hydrogens is 298 g/mol. The van der Waals surface area contributed by atoms with Crippen molar-refractivity contribution in [3.63, 3.8) is 0 Å². The molecule has 6 heteroatoms. The third-order valence-electron chi connectivity index (χ3n) is 2.94. The molecule has 0 fully saturated rings. The van der Waals surface area contributed by atoms with Gasteiger partial charge in [0.2, 0.25) is 0 Å². The van der Waals surface area contributed by atoms with E-state index in [1.807, 2.05) is 6.92 Å². The standard InChI is InChI=1S/C17H21NO5/c1-4-8-15(19)13(17(21)23-5-2)11-18-14-10-7-6-9-12(14)16(20)22-3/h6-7,9-11,19H,4-5,8H2,1-3H3/b15-13-,18-11?. The van der Waals surface area contributed by atoms with E-state index in [-0.39, 0.29) is 23.5 Å². The van der Waals surface area contributed by atoms with Gasteiger partial charge < -0.3 is 14.6 Å². The lowest BCUT2D eigenvalue weighted by Crippen LogP contribution is -2.11. The summed E-state index contributed by atoms with van der Waals surface area (Å²) >= 11 is 0.